The van der Waals surface area contributed by atoms with Gasteiger partial charge in [0.15, 0.2) is 0 Å². The van der Waals surface area contributed by atoms with Gasteiger partial charge in [0.2, 0.25) is 0 Å². The van der Waals surface area contributed by atoms with E-state index >= 15 is 0 Å². The number of para-hydroxylation sites is 1. The highest BCUT2D eigenvalue weighted by Crippen LogP contribution is 2.27. The van der Waals surface area contributed by atoms with Crippen LogP contribution in [0.4, 0.5) is 5.69 Å². The molecule has 1 amide bonds. The fraction of sp³-hybridized carbons (Fsp3) is 0.368. The quantitative estimate of drug-likeness (QED) is 0.922. The summed E-state index contributed by atoms with van der Waals surface area (Å²) in [5, 5.41) is 4.34. The molecule has 0 radical (unpaired) electrons. The standard InChI is InChI=1S/C19H23N3OS/c1-14-12-22(13-15(2)24-14)19(23)17-7-3-4-8-18(17)21-11-16-6-5-9-20-10-16/h3-10,14-15,21H,11-13H2,1-2H3/t14-,15+. The van der Waals surface area contributed by atoms with Crippen molar-refractivity contribution in [2.75, 3.05) is 18.4 Å². The minimum Gasteiger partial charge on any atom is -0.380 e. The molecular weight excluding hydrogens is 318 g/mol. The van der Waals surface area contributed by atoms with E-state index in [2.05, 4.69) is 24.1 Å². The first-order chi connectivity index (χ1) is 11.6. The maximum absolute atomic E-state index is 13.0. The van der Waals surface area contributed by atoms with Crippen LogP contribution in [-0.4, -0.2) is 39.4 Å². The molecular formula is C19H23N3OS. The second-order valence-electron chi connectivity index (χ2n) is 6.23. The highest BCUT2D eigenvalue weighted by Gasteiger charge is 2.27. The van der Waals surface area contributed by atoms with E-state index in [1.54, 1.807) is 6.20 Å². The van der Waals surface area contributed by atoms with Gasteiger partial charge in [-0.3, -0.25) is 9.78 Å². The van der Waals surface area contributed by atoms with Crippen molar-refractivity contribution in [1.82, 2.24) is 9.88 Å². The van der Waals surface area contributed by atoms with Crippen LogP contribution in [0.3, 0.4) is 0 Å². The Bertz CT molecular complexity index is 682. The van der Waals surface area contributed by atoms with E-state index in [-0.39, 0.29) is 5.91 Å². The lowest BCUT2D eigenvalue weighted by molar-refractivity contribution is 0.0754. The number of carbonyl (C=O) groups is 1. The van der Waals surface area contributed by atoms with Crippen LogP contribution in [0, 0.1) is 0 Å². The zero-order valence-corrected chi connectivity index (χ0v) is 14.9. The van der Waals surface area contributed by atoms with E-state index in [0.29, 0.717) is 17.0 Å². The van der Waals surface area contributed by atoms with Crippen LogP contribution in [0.25, 0.3) is 0 Å². The number of hydrogen-bond acceptors (Lipinski definition) is 4. The van der Waals surface area contributed by atoms with Gasteiger partial charge in [-0.15, -0.1) is 0 Å². The summed E-state index contributed by atoms with van der Waals surface area (Å²) in [6.45, 7) is 6.65. The van der Waals surface area contributed by atoms with Crippen molar-refractivity contribution in [3.63, 3.8) is 0 Å². The number of rotatable bonds is 4. The third-order valence-electron chi connectivity index (χ3n) is 4.07. The molecule has 1 aliphatic rings. The first-order valence-electron chi connectivity index (χ1n) is 8.30. The SMILES string of the molecule is C[C@@H]1CN(C(=O)c2ccccc2NCc2cccnc2)C[C@H](C)S1. The maximum atomic E-state index is 13.0. The van der Waals surface area contributed by atoms with Gasteiger partial charge in [0, 0.05) is 48.2 Å². The molecule has 2 atom stereocenters. The van der Waals surface area contributed by atoms with Gasteiger partial charge < -0.3 is 10.2 Å². The molecule has 1 saturated heterocycles. The highest BCUT2D eigenvalue weighted by atomic mass is 32.2. The first-order valence-corrected chi connectivity index (χ1v) is 9.24. The lowest BCUT2D eigenvalue weighted by Crippen LogP contribution is -2.44. The molecule has 1 aromatic heterocycles. The summed E-state index contributed by atoms with van der Waals surface area (Å²) in [5.41, 5.74) is 2.72. The van der Waals surface area contributed by atoms with E-state index in [1.165, 1.54) is 0 Å². The number of anilines is 1. The van der Waals surface area contributed by atoms with Crippen molar-refractivity contribution in [1.29, 1.82) is 0 Å². The molecule has 3 rings (SSSR count). The molecule has 0 spiro atoms. The summed E-state index contributed by atoms with van der Waals surface area (Å²) in [5.74, 6) is 0.114. The number of carbonyl (C=O) groups excluding carboxylic acids is 1. The Morgan fingerprint density at radius 3 is 2.67 bits per heavy atom. The number of nitrogens with zero attached hydrogens (tertiary/aromatic N) is 2. The number of amides is 1. The lowest BCUT2D eigenvalue weighted by Gasteiger charge is -2.35. The minimum absolute atomic E-state index is 0.114. The van der Waals surface area contributed by atoms with Crippen LogP contribution in [0.1, 0.15) is 29.8 Å². The third kappa shape index (κ3) is 4.09. The highest BCUT2D eigenvalue weighted by molar-refractivity contribution is 8.00. The molecule has 4 nitrogen and oxygen atoms in total. The fourth-order valence-corrected chi connectivity index (χ4v) is 4.36. The average Bonchev–Trinajstić information content (AvgIpc) is 2.59. The van der Waals surface area contributed by atoms with E-state index in [9.17, 15) is 4.79 Å². The zero-order valence-electron chi connectivity index (χ0n) is 14.1. The normalized spacial score (nSPS) is 20.7. The molecule has 5 heteroatoms. The summed E-state index contributed by atoms with van der Waals surface area (Å²) in [4.78, 5) is 19.1. The second-order valence-corrected chi connectivity index (χ2v) is 8.11. The Morgan fingerprint density at radius 2 is 1.96 bits per heavy atom. The predicted molar refractivity (Wildman–Crippen MR) is 100 cm³/mol. The fourth-order valence-electron chi connectivity index (χ4n) is 3.04. The topological polar surface area (TPSA) is 45.2 Å². The molecule has 1 aromatic carbocycles. The van der Waals surface area contributed by atoms with Crippen molar-refractivity contribution in [2.24, 2.45) is 0 Å². The van der Waals surface area contributed by atoms with Crippen LogP contribution >= 0.6 is 11.8 Å². The average molecular weight is 341 g/mol. The monoisotopic (exact) mass is 341 g/mol. The molecule has 1 aliphatic heterocycles. The molecule has 1 N–H and O–H groups in total. The van der Waals surface area contributed by atoms with Gasteiger partial charge in [0.1, 0.15) is 0 Å². The Labute approximate surface area is 147 Å². The van der Waals surface area contributed by atoms with Gasteiger partial charge in [0.05, 0.1) is 5.56 Å². The molecule has 0 bridgehead atoms. The van der Waals surface area contributed by atoms with Gasteiger partial charge in [-0.05, 0) is 23.8 Å². The Morgan fingerprint density at radius 1 is 1.21 bits per heavy atom. The van der Waals surface area contributed by atoms with E-state index < -0.39 is 0 Å². The van der Waals surface area contributed by atoms with E-state index in [1.807, 2.05) is 59.3 Å². The molecule has 0 aliphatic carbocycles. The van der Waals surface area contributed by atoms with Crippen LogP contribution in [-0.2, 0) is 6.54 Å². The predicted octanol–water partition coefficient (Wildman–Crippen LogP) is 3.66. The van der Waals surface area contributed by atoms with E-state index in [0.717, 1.165) is 29.9 Å². The summed E-state index contributed by atoms with van der Waals surface area (Å²) in [6, 6.07) is 11.7. The summed E-state index contributed by atoms with van der Waals surface area (Å²) in [7, 11) is 0. The smallest absolute Gasteiger partial charge is 0.256 e. The van der Waals surface area contributed by atoms with Crippen LogP contribution < -0.4 is 5.32 Å². The van der Waals surface area contributed by atoms with Crippen molar-refractivity contribution in [3.05, 3.63) is 59.9 Å². The van der Waals surface area contributed by atoms with Crippen molar-refractivity contribution < 1.29 is 4.79 Å². The Kier molecular flexibility index (Phi) is 5.41. The number of aromatic nitrogens is 1. The number of pyridine rings is 1. The molecule has 126 valence electrons. The molecule has 1 fully saturated rings. The van der Waals surface area contributed by atoms with E-state index in [4.69, 9.17) is 0 Å². The van der Waals surface area contributed by atoms with Crippen LogP contribution in [0.2, 0.25) is 0 Å². The van der Waals surface area contributed by atoms with Crippen molar-refractivity contribution in [2.45, 2.75) is 30.9 Å². The molecule has 0 saturated carbocycles. The summed E-state index contributed by atoms with van der Waals surface area (Å²) >= 11 is 1.95. The Hall–Kier alpha value is -2.01. The van der Waals surface area contributed by atoms with Crippen molar-refractivity contribution >= 4 is 23.4 Å². The molecule has 24 heavy (non-hydrogen) atoms. The molecule has 2 aromatic rings. The van der Waals surface area contributed by atoms with Crippen molar-refractivity contribution in [3.8, 4) is 0 Å². The van der Waals surface area contributed by atoms with Gasteiger partial charge in [0.25, 0.3) is 5.91 Å². The minimum atomic E-state index is 0.114. The Balaban J connectivity index is 1.74. The summed E-state index contributed by atoms with van der Waals surface area (Å²) in [6.07, 6.45) is 3.60. The first kappa shape index (κ1) is 16.8. The van der Waals surface area contributed by atoms with Gasteiger partial charge in [-0.2, -0.15) is 11.8 Å². The number of thioether (sulfide) groups is 1. The lowest BCUT2D eigenvalue weighted by atomic mass is 10.1. The third-order valence-corrected chi connectivity index (χ3v) is 5.30. The largest absolute Gasteiger partial charge is 0.380 e. The number of hydrogen-bond donors (Lipinski definition) is 1. The molecule has 0 unspecified atom stereocenters. The number of benzene rings is 1. The van der Waals surface area contributed by atoms with Gasteiger partial charge in [-0.1, -0.05) is 32.0 Å². The molecule has 2 heterocycles. The summed E-state index contributed by atoms with van der Waals surface area (Å²) < 4.78 is 0. The van der Waals surface area contributed by atoms with Gasteiger partial charge >= 0.3 is 0 Å². The number of nitrogens with one attached hydrogen (secondary N) is 1. The zero-order chi connectivity index (χ0) is 16.9. The second kappa shape index (κ2) is 7.71. The van der Waals surface area contributed by atoms with Crippen LogP contribution in [0.15, 0.2) is 48.8 Å². The maximum Gasteiger partial charge on any atom is 0.256 e. The van der Waals surface area contributed by atoms with Crippen LogP contribution in [0.5, 0.6) is 0 Å². The van der Waals surface area contributed by atoms with Gasteiger partial charge in [-0.25, -0.2) is 0 Å².